The summed E-state index contributed by atoms with van der Waals surface area (Å²) in [5, 5.41) is 10.6. The molecule has 0 fully saturated rings. The van der Waals surface area contributed by atoms with E-state index in [0.717, 1.165) is 39.9 Å². The molecule has 0 aliphatic carbocycles. The number of rotatable bonds is 10. The summed E-state index contributed by atoms with van der Waals surface area (Å²) in [5.74, 6) is 1.84. The van der Waals surface area contributed by atoms with Crippen molar-refractivity contribution < 1.29 is 9.53 Å². The van der Waals surface area contributed by atoms with Crippen LogP contribution in [0.15, 0.2) is 84.0 Å². The molecule has 5 rings (SSSR count). The lowest BCUT2D eigenvalue weighted by molar-refractivity contribution is 0.102. The molecule has 0 saturated carbocycles. The molecule has 0 amide bonds. The lowest BCUT2D eigenvalue weighted by atomic mass is 10.1. The maximum Gasteiger partial charge on any atom is 0.192 e. The highest BCUT2D eigenvalue weighted by Crippen LogP contribution is 2.29. The summed E-state index contributed by atoms with van der Waals surface area (Å²) in [6.07, 6.45) is 0.987. The molecule has 3 aromatic carbocycles. The molecule has 0 aliphatic heterocycles. The standard InChI is InChI=1S/C30H30N4O2S/c1-4-22-14-16-24(17-15-22)36-18-28-32-33-30(34(28)21(3)23-10-6-5-7-11-23)37-19-27(35)29-20(2)31-26-13-9-8-12-25(26)29/h5-17,21,31H,4,18-19H2,1-3H3/t21-/m0/s1. The predicted octanol–water partition coefficient (Wildman–Crippen LogP) is 6.79. The molecular formula is C30H30N4O2S. The SMILES string of the molecule is CCc1ccc(OCc2nnc(SCC(=O)c3c(C)[nH]c4ccccc34)n2[C@@H](C)c2ccccc2)cc1. The predicted molar refractivity (Wildman–Crippen MR) is 149 cm³/mol. The average molecular weight is 511 g/mol. The number of carbonyl (C=O) groups is 1. The van der Waals surface area contributed by atoms with Gasteiger partial charge in [0.1, 0.15) is 12.4 Å². The van der Waals surface area contributed by atoms with Gasteiger partial charge in [-0.15, -0.1) is 10.2 Å². The number of benzene rings is 3. The van der Waals surface area contributed by atoms with Crippen LogP contribution >= 0.6 is 11.8 Å². The smallest absolute Gasteiger partial charge is 0.192 e. The molecular weight excluding hydrogens is 480 g/mol. The Kier molecular flexibility index (Phi) is 7.42. The summed E-state index contributed by atoms with van der Waals surface area (Å²) in [5.41, 5.74) is 5.00. The van der Waals surface area contributed by atoms with Gasteiger partial charge in [-0.25, -0.2) is 0 Å². The molecule has 0 unspecified atom stereocenters. The number of H-pyrrole nitrogens is 1. The number of ketones is 1. The van der Waals surface area contributed by atoms with Gasteiger partial charge in [-0.05, 0) is 49.6 Å². The quantitative estimate of drug-likeness (QED) is 0.165. The third kappa shape index (κ3) is 5.32. The van der Waals surface area contributed by atoms with Gasteiger partial charge >= 0.3 is 0 Å². The van der Waals surface area contributed by atoms with E-state index < -0.39 is 0 Å². The van der Waals surface area contributed by atoms with Crippen LogP contribution in [0.5, 0.6) is 5.75 Å². The fourth-order valence-corrected chi connectivity index (χ4v) is 5.49. The van der Waals surface area contributed by atoms with E-state index in [1.54, 1.807) is 0 Å². The molecule has 7 heteroatoms. The first-order chi connectivity index (χ1) is 18.0. The second-order valence-electron chi connectivity index (χ2n) is 9.02. The summed E-state index contributed by atoms with van der Waals surface area (Å²) in [6.45, 7) is 6.48. The van der Waals surface area contributed by atoms with Crippen LogP contribution < -0.4 is 4.74 Å². The number of nitrogens with one attached hydrogen (secondary N) is 1. The van der Waals surface area contributed by atoms with E-state index in [1.165, 1.54) is 17.3 Å². The number of para-hydroxylation sites is 1. The van der Waals surface area contributed by atoms with E-state index in [0.29, 0.717) is 11.0 Å². The number of aryl methyl sites for hydroxylation is 2. The number of hydrogen-bond acceptors (Lipinski definition) is 5. The topological polar surface area (TPSA) is 72.8 Å². The second kappa shape index (κ2) is 11.0. The minimum Gasteiger partial charge on any atom is -0.486 e. The summed E-state index contributed by atoms with van der Waals surface area (Å²) in [6, 6.07) is 26.2. The largest absolute Gasteiger partial charge is 0.486 e. The molecule has 1 atom stereocenters. The highest BCUT2D eigenvalue weighted by molar-refractivity contribution is 7.99. The van der Waals surface area contributed by atoms with Crippen molar-refractivity contribution in [3.8, 4) is 5.75 Å². The first-order valence-electron chi connectivity index (χ1n) is 12.5. The van der Waals surface area contributed by atoms with Crippen LogP contribution in [0.1, 0.15) is 52.9 Å². The molecule has 0 spiro atoms. The van der Waals surface area contributed by atoms with Crippen LogP contribution in [0.3, 0.4) is 0 Å². The average Bonchev–Trinajstić information content (AvgIpc) is 3.50. The maximum absolute atomic E-state index is 13.3. The van der Waals surface area contributed by atoms with Gasteiger partial charge in [0.15, 0.2) is 16.8 Å². The Hall–Kier alpha value is -3.84. The normalized spacial score (nSPS) is 12.1. The number of aromatic amines is 1. The van der Waals surface area contributed by atoms with Crippen molar-refractivity contribution in [2.24, 2.45) is 0 Å². The van der Waals surface area contributed by atoms with Gasteiger partial charge in [0.25, 0.3) is 0 Å². The molecule has 0 radical (unpaired) electrons. The van der Waals surface area contributed by atoms with Crippen molar-refractivity contribution in [3.05, 3.63) is 107 Å². The fourth-order valence-electron chi connectivity index (χ4n) is 4.58. The first-order valence-corrected chi connectivity index (χ1v) is 13.5. The van der Waals surface area contributed by atoms with E-state index >= 15 is 0 Å². The number of aromatic nitrogens is 4. The van der Waals surface area contributed by atoms with E-state index in [2.05, 4.69) is 57.9 Å². The highest BCUT2D eigenvalue weighted by Gasteiger charge is 2.22. The van der Waals surface area contributed by atoms with Crippen LogP contribution in [0.2, 0.25) is 0 Å². The van der Waals surface area contributed by atoms with Crippen molar-refractivity contribution in [1.29, 1.82) is 0 Å². The lowest BCUT2D eigenvalue weighted by Crippen LogP contribution is -2.14. The molecule has 0 saturated heterocycles. The first kappa shape index (κ1) is 24.8. The molecule has 37 heavy (non-hydrogen) atoms. The highest BCUT2D eigenvalue weighted by atomic mass is 32.2. The summed E-state index contributed by atoms with van der Waals surface area (Å²) in [4.78, 5) is 16.6. The number of ether oxygens (including phenoxy) is 1. The molecule has 0 bridgehead atoms. The zero-order valence-electron chi connectivity index (χ0n) is 21.3. The van der Waals surface area contributed by atoms with Crippen molar-refractivity contribution in [3.63, 3.8) is 0 Å². The minimum atomic E-state index is -0.0234. The van der Waals surface area contributed by atoms with E-state index in [1.807, 2.05) is 61.5 Å². The van der Waals surface area contributed by atoms with Crippen LogP contribution in [-0.2, 0) is 13.0 Å². The van der Waals surface area contributed by atoms with Gasteiger partial charge in [0, 0.05) is 22.2 Å². The molecule has 188 valence electrons. The van der Waals surface area contributed by atoms with Gasteiger partial charge in [-0.1, -0.05) is 79.3 Å². The van der Waals surface area contributed by atoms with E-state index in [-0.39, 0.29) is 24.2 Å². The van der Waals surface area contributed by atoms with Crippen LogP contribution in [0, 0.1) is 6.92 Å². The van der Waals surface area contributed by atoms with Gasteiger partial charge in [-0.2, -0.15) is 0 Å². The summed E-state index contributed by atoms with van der Waals surface area (Å²) < 4.78 is 8.16. The Morgan fingerprint density at radius 1 is 1.00 bits per heavy atom. The number of thioether (sulfide) groups is 1. The number of fused-ring (bicyclic) bond motifs is 1. The summed E-state index contributed by atoms with van der Waals surface area (Å²) >= 11 is 1.41. The van der Waals surface area contributed by atoms with E-state index in [4.69, 9.17) is 4.74 Å². The third-order valence-electron chi connectivity index (χ3n) is 6.61. The summed E-state index contributed by atoms with van der Waals surface area (Å²) in [7, 11) is 0. The zero-order valence-corrected chi connectivity index (χ0v) is 22.1. The molecule has 1 N–H and O–H groups in total. The molecule has 0 aliphatic rings. The van der Waals surface area contributed by atoms with Crippen molar-refractivity contribution in [2.45, 2.75) is 45.0 Å². The number of hydrogen-bond donors (Lipinski definition) is 1. The molecule has 2 aromatic heterocycles. The minimum absolute atomic E-state index is 0.0234. The Bertz CT molecular complexity index is 1510. The van der Waals surface area contributed by atoms with Crippen LogP contribution in [-0.4, -0.2) is 31.3 Å². The fraction of sp³-hybridized carbons (Fsp3) is 0.233. The van der Waals surface area contributed by atoms with Gasteiger partial charge in [0.2, 0.25) is 0 Å². The van der Waals surface area contributed by atoms with Crippen molar-refractivity contribution in [1.82, 2.24) is 19.7 Å². The number of carbonyl (C=O) groups excluding carboxylic acids is 1. The Morgan fingerprint density at radius 3 is 2.49 bits per heavy atom. The number of Topliss-reactive ketones (excluding diaryl/α,β-unsaturated/α-hetero) is 1. The number of nitrogens with zero attached hydrogens (tertiary/aromatic N) is 3. The third-order valence-corrected chi connectivity index (χ3v) is 7.55. The van der Waals surface area contributed by atoms with Gasteiger partial charge in [0.05, 0.1) is 11.8 Å². The molecule has 6 nitrogen and oxygen atoms in total. The van der Waals surface area contributed by atoms with Gasteiger partial charge in [-0.3, -0.25) is 9.36 Å². The van der Waals surface area contributed by atoms with Crippen LogP contribution in [0.4, 0.5) is 0 Å². The Balaban J connectivity index is 1.39. The molecule has 5 aromatic rings. The lowest BCUT2D eigenvalue weighted by Gasteiger charge is -2.18. The Labute approximate surface area is 221 Å². The monoisotopic (exact) mass is 510 g/mol. The Morgan fingerprint density at radius 2 is 1.73 bits per heavy atom. The zero-order chi connectivity index (χ0) is 25.8. The maximum atomic E-state index is 13.3. The van der Waals surface area contributed by atoms with E-state index in [9.17, 15) is 4.79 Å². The molecule has 2 heterocycles. The second-order valence-corrected chi connectivity index (χ2v) is 9.97. The van der Waals surface area contributed by atoms with Crippen molar-refractivity contribution in [2.75, 3.05) is 5.75 Å². The van der Waals surface area contributed by atoms with Gasteiger partial charge < -0.3 is 9.72 Å². The van der Waals surface area contributed by atoms with Crippen LogP contribution in [0.25, 0.3) is 10.9 Å². The van der Waals surface area contributed by atoms with Crippen molar-refractivity contribution >= 4 is 28.4 Å².